The van der Waals surface area contributed by atoms with Crippen molar-refractivity contribution in [1.29, 1.82) is 0 Å². The molecule has 0 radical (unpaired) electrons. The molecule has 5 nitrogen and oxygen atoms in total. The molecule has 0 spiro atoms. The molecule has 0 aromatic rings. The van der Waals surface area contributed by atoms with Crippen molar-refractivity contribution in [1.82, 2.24) is 10.6 Å². The first-order valence-electron chi connectivity index (χ1n) is 8.83. The van der Waals surface area contributed by atoms with Crippen molar-refractivity contribution in [3.05, 3.63) is 0 Å². The molecule has 2 unspecified atom stereocenters. The molecular weight excluding hydrogens is 323 g/mol. The number of ether oxygens (including phenoxy) is 2. The lowest BCUT2D eigenvalue weighted by Crippen LogP contribution is -2.53. The highest BCUT2D eigenvalue weighted by Crippen LogP contribution is 2.24. The Morgan fingerprint density at radius 3 is 2.21 bits per heavy atom. The van der Waals surface area contributed by atoms with Crippen molar-refractivity contribution in [2.75, 3.05) is 26.8 Å². The molecule has 0 aliphatic carbocycles. The van der Waals surface area contributed by atoms with Gasteiger partial charge in [-0.1, -0.05) is 0 Å². The first-order valence-corrected chi connectivity index (χ1v) is 9.41. The standard InChI is InChI=1S/C18H39N2O3P/c1-14(2)22-12-10-16(3,4)20-15(21)18(7,24)13-23-17(5,6)9-11-19-8/h14,19H,9-13,24H2,1-8H3,(H,20,21). The maximum atomic E-state index is 12.6. The van der Waals surface area contributed by atoms with E-state index in [1.54, 1.807) is 0 Å². The molecular formula is C18H39N2O3P. The quantitative estimate of drug-likeness (QED) is 0.524. The Hall–Kier alpha value is -0.220. The topological polar surface area (TPSA) is 59.6 Å². The lowest BCUT2D eigenvalue weighted by atomic mass is 9.99. The van der Waals surface area contributed by atoms with E-state index in [2.05, 4.69) is 33.7 Å². The lowest BCUT2D eigenvalue weighted by Gasteiger charge is -2.34. The number of hydrogen-bond acceptors (Lipinski definition) is 4. The maximum absolute atomic E-state index is 12.6. The van der Waals surface area contributed by atoms with Crippen LogP contribution in [0.25, 0.3) is 0 Å². The van der Waals surface area contributed by atoms with Gasteiger partial charge in [-0.15, -0.1) is 9.24 Å². The molecule has 0 rings (SSSR count). The Labute approximate surface area is 151 Å². The van der Waals surface area contributed by atoms with E-state index < -0.39 is 5.16 Å². The SMILES string of the molecule is CNCCC(C)(C)OCC(C)(P)C(=O)NC(C)(C)CCOC(C)C. The van der Waals surface area contributed by atoms with E-state index >= 15 is 0 Å². The fourth-order valence-electron chi connectivity index (χ4n) is 1.97. The number of rotatable bonds is 12. The van der Waals surface area contributed by atoms with E-state index in [-0.39, 0.29) is 23.2 Å². The third kappa shape index (κ3) is 10.6. The van der Waals surface area contributed by atoms with Gasteiger partial charge in [0, 0.05) is 12.1 Å². The maximum Gasteiger partial charge on any atom is 0.232 e. The summed E-state index contributed by atoms with van der Waals surface area (Å²) < 4.78 is 11.6. The lowest BCUT2D eigenvalue weighted by molar-refractivity contribution is -0.128. The number of amides is 1. The van der Waals surface area contributed by atoms with Crippen molar-refractivity contribution in [3.63, 3.8) is 0 Å². The molecule has 2 atom stereocenters. The second-order valence-corrected chi connectivity index (χ2v) is 9.60. The minimum absolute atomic E-state index is 0.0218. The molecule has 24 heavy (non-hydrogen) atoms. The van der Waals surface area contributed by atoms with E-state index in [1.807, 2.05) is 41.7 Å². The van der Waals surface area contributed by atoms with Crippen molar-refractivity contribution in [3.8, 4) is 0 Å². The van der Waals surface area contributed by atoms with E-state index in [9.17, 15) is 4.79 Å². The summed E-state index contributed by atoms with van der Waals surface area (Å²) in [7, 11) is 4.56. The van der Waals surface area contributed by atoms with Gasteiger partial charge in [-0.3, -0.25) is 4.79 Å². The second kappa shape index (κ2) is 10.1. The summed E-state index contributed by atoms with van der Waals surface area (Å²) in [5, 5.41) is 5.58. The molecule has 0 aromatic carbocycles. The van der Waals surface area contributed by atoms with Crippen LogP contribution in [0.15, 0.2) is 0 Å². The summed E-state index contributed by atoms with van der Waals surface area (Å²) in [6.07, 6.45) is 1.87. The van der Waals surface area contributed by atoms with Gasteiger partial charge in [-0.2, -0.15) is 0 Å². The van der Waals surface area contributed by atoms with Gasteiger partial charge in [0.1, 0.15) is 0 Å². The highest BCUT2D eigenvalue weighted by molar-refractivity contribution is 7.21. The Balaban J connectivity index is 4.49. The Bertz CT molecular complexity index is 382. The zero-order valence-electron chi connectivity index (χ0n) is 16.9. The largest absolute Gasteiger partial charge is 0.379 e. The average Bonchev–Trinajstić information content (AvgIpc) is 2.42. The van der Waals surface area contributed by atoms with Crippen LogP contribution in [0.5, 0.6) is 0 Å². The number of hydrogen-bond donors (Lipinski definition) is 2. The van der Waals surface area contributed by atoms with Crippen LogP contribution in [0, 0.1) is 0 Å². The van der Waals surface area contributed by atoms with Crippen LogP contribution >= 0.6 is 9.24 Å². The fourth-order valence-corrected chi connectivity index (χ4v) is 2.13. The Kier molecular flexibility index (Phi) is 9.96. The summed E-state index contributed by atoms with van der Waals surface area (Å²) in [5.41, 5.74) is -0.576. The molecule has 0 saturated carbocycles. The molecule has 0 aromatic heterocycles. The molecule has 1 amide bonds. The second-order valence-electron chi connectivity index (χ2n) is 8.33. The van der Waals surface area contributed by atoms with Gasteiger partial charge >= 0.3 is 0 Å². The van der Waals surface area contributed by atoms with Gasteiger partial charge in [-0.25, -0.2) is 0 Å². The van der Waals surface area contributed by atoms with Crippen molar-refractivity contribution >= 4 is 15.1 Å². The molecule has 0 aliphatic rings. The van der Waals surface area contributed by atoms with Crippen LogP contribution in [0.1, 0.15) is 61.3 Å². The zero-order chi connectivity index (χ0) is 19.0. The number of carbonyl (C=O) groups excluding carboxylic acids is 1. The van der Waals surface area contributed by atoms with Gasteiger partial charge in [0.15, 0.2) is 0 Å². The fraction of sp³-hybridized carbons (Fsp3) is 0.944. The van der Waals surface area contributed by atoms with E-state index in [1.165, 1.54) is 0 Å². The minimum Gasteiger partial charge on any atom is -0.379 e. The molecule has 0 heterocycles. The number of nitrogens with one attached hydrogen (secondary N) is 2. The van der Waals surface area contributed by atoms with Crippen molar-refractivity contribution in [2.45, 2.75) is 83.7 Å². The summed E-state index contributed by atoms with van der Waals surface area (Å²) in [5.74, 6) is -0.0218. The van der Waals surface area contributed by atoms with Gasteiger partial charge in [0.05, 0.1) is 23.5 Å². The summed E-state index contributed by atoms with van der Waals surface area (Å²) in [6.45, 7) is 15.9. The van der Waals surface area contributed by atoms with Gasteiger partial charge in [0.2, 0.25) is 5.91 Å². The molecule has 0 bridgehead atoms. The number of carbonyl (C=O) groups is 1. The van der Waals surface area contributed by atoms with Gasteiger partial charge < -0.3 is 20.1 Å². The van der Waals surface area contributed by atoms with Crippen LogP contribution in [-0.4, -0.2) is 55.1 Å². The average molecular weight is 362 g/mol. The van der Waals surface area contributed by atoms with Crippen LogP contribution < -0.4 is 10.6 Å². The highest BCUT2D eigenvalue weighted by atomic mass is 31.0. The first kappa shape index (κ1) is 23.8. The Morgan fingerprint density at radius 1 is 1.12 bits per heavy atom. The van der Waals surface area contributed by atoms with Crippen molar-refractivity contribution in [2.24, 2.45) is 0 Å². The normalized spacial score (nSPS) is 15.4. The van der Waals surface area contributed by atoms with Crippen LogP contribution in [-0.2, 0) is 14.3 Å². The summed E-state index contributed by atoms with van der Waals surface area (Å²) in [4.78, 5) is 12.6. The minimum atomic E-state index is -0.660. The van der Waals surface area contributed by atoms with Crippen molar-refractivity contribution < 1.29 is 14.3 Å². The predicted molar refractivity (Wildman–Crippen MR) is 105 cm³/mol. The smallest absolute Gasteiger partial charge is 0.232 e. The summed E-state index contributed by atoms with van der Waals surface area (Å²) >= 11 is 0. The monoisotopic (exact) mass is 362 g/mol. The molecule has 6 heteroatoms. The molecule has 144 valence electrons. The summed E-state index contributed by atoms with van der Waals surface area (Å²) in [6, 6.07) is 0. The molecule has 2 N–H and O–H groups in total. The van der Waals surface area contributed by atoms with Gasteiger partial charge in [-0.05, 0) is 74.9 Å². The van der Waals surface area contributed by atoms with E-state index in [0.717, 1.165) is 19.4 Å². The highest BCUT2D eigenvalue weighted by Gasteiger charge is 2.34. The zero-order valence-corrected chi connectivity index (χ0v) is 18.1. The first-order chi connectivity index (χ1) is 10.8. The van der Waals surface area contributed by atoms with E-state index in [0.29, 0.717) is 13.2 Å². The van der Waals surface area contributed by atoms with Crippen LogP contribution in [0.4, 0.5) is 0 Å². The van der Waals surface area contributed by atoms with Crippen LogP contribution in [0.2, 0.25) is 0 Å². The Morgan fingerprint density at radius 2 is 1.71 bits per heavy atom. The van der Waals surface area contributed by atoms with Gasteiger partial charge in [0.25, 0.3) is 0 Å². The molecule has 0 aliphatic heterocycles. The third-order valence-electron chi connectivity index (χ3n) is 3.89. The predicted octanol–water partition coefficient (Wildman–Crippen LogP) is 2.73. The molecule has 0 fully saturated rings. The van der Waals surface area contributed by atoms with Crippen LogP contribution in [0.3, 0.4) is 0 Å². The molecule has 0 saturated heterocycles. The van der Waals surface area contributed by atoms with E-state index in [4.69, 9.17) is 9.47 Å². The third-order valence-corrected chi connectivity index (χ3v) is 4.32.